The first kappa shape index (κ1) is 13.4. The molecule has 17 heavy (non-hydrogen) atoms. The molecule has 1 aliphatic carbocycles. The first-order chi connectivity index (χ1) is 7.99. The van der Waals surface area contributed by atoms with E-state index >= 15 is 0 Å². The van der Waals surface area contributed by atoms with Crippen LogP contribution in [-0.4, -0.2) is 24.8 Å². The van der Waals surface area contributed by atoms with Crippen LogP contribution in [-0.2, 0) is 4.74 Å². The van der Waals surface area contributed by atoms with Crippen LogP contribution < -0.4 is 5.32 Å². The van der Waals surface area contributed by atoms with Crippen LogP contribution in [0, 0.1) is 11.3 Å². The average Bonchev–Trinajstić information content (AvgIpc) is 3.02. The molecule has 2 nitrogen and oxygen atoms in total. The summed E-state index contributed by atoms with van der Waals surface area (Å²) >= 11 is 0. The van der Waals surface area contributed by atoms with E-state index in [2.05, 4.69) is 33.0 Å². The fourth-order valence-electron chi connectivity index (χ4n) is 3.16. The van der Waals surface area contributed by atoms with Crippen molar-refractivity contribution in [3.63, 3.8) is 0 Å². The third-order valence-electron chi connectivity index (χ3n) is 4.49. The normalized spacial score (nSPS) is 33.0. The summed E-state index contributed by atoms with van der Waals surface area (Å²) in [5, 5.41) is 3.64. The molecule has 1 N–H and O–H groups in total. The maximum atomic E-state index is 6.01. The quantitative estimate of drug-likeness (QED) is 0.767. The summed E-state index contributed by atoms with van der Waals surface area (Å²) in [5.74, 6) is 0.938. The van der Waals surface area contributed by atoms with Crippen molar-refractivity contribution in [2.75, 3.05) is 6.54 Å². The van der Waals surface area contributed by atoms with Crippen molar-refractivity contribution < 1.29 is 4.74 Å². The van der Waals surface area contributed by atoms with Gasteiger partial charge in [-0.05, 0) is 50.4 Å². The zero-order valence-electron chi connectivity index (χ0n) is 12.0. The highest BCUT2D eigenvalue weighted by Crippen LogP contribution is 2.49. The van der Waals surface area contributed by atoms with Gasteiger partial charge in [0.1, 0.15) is 0 Å². The molecule has 0 amide bonds. The van der Waals surface area contributed by atoms with Crippen molar-refractivity contribution in [2.24, 2.45) is 11.3 Å². The van der Waals surface area contributed by atoms with Gasteiger partial charge in [0.15, 0.2) is 0 Å². The Morgan fingerprint density at radius 3 is 2.41 bits per heavy atom. The summed E-state index contributed by atoms with van der Waals surface area (Å²) < 4.78 is 6.01. The van der Waals surface area contributed by atoms with E-state index in [0.717, 1.165) is 12.5 Å². The van der Waals surface area contributed by atoms with Crippen molar-refractivity contribution >= 4 is 0 Å². The Hall–Kier alpha value is -0.0800. The first-order valence-corrected chi connectivity index (χ1v) is 7.38. The lowest BCUT2D eigenvalue weighted by Gasteiger charge is -2.33. The van der Waals surface area contributed by atoms with Crippen molar-refractivity contribution in [3.05, 3.63) is 0 Å². The Morgan fingerprint density at radius 1 is 1.24 bits per heavy atom. The van der Waals surface area contributed by atoms with E-state index in [-0.39, 0.29) is 0 Å². The van der Waals surface area contributed by atoms with E-state index in [1.165, 1.54) is 32.1 Å². The van der Waals surface area contributed by atoms with Gasteiger partial charge in [-0.1, -0.05) is 20.8 Å². The van der Waals surface area contributed by atoms with E-state index < -0.39 is 0 Å². The molecular weight excluding hydrogens is 210 g/mol. The van der Waals surface area contributed by atoms with Gasteiger partial charge < -0.3 is 10.1 Å². The number of rotatable bonds is 6. The van der Waals surface area contributed by atoms with E-state index in [1.54, 1.807) is 0 Å². The summed E-state index contributed by atoms with van der Waals surface area (Å²) in [6.45, 7) is 10.3. The fourth-order valence-corrected chi connectivity index (χ4v) is 3.16. The molecule has 1 saturated carbocycles. The van der Waals surface area contributed by atoms with Gasteiger partial charge in [0.2, 0.25) is 0 Å². The Morgan fingerprint density at radius 2 is 1.94 bits per heavy atom. The highest BCUT2D eigenvalue weighted by Gasteiger charge is 2.43. The summed E-state index contributed by atoms with van der Waals surface area (Å²) in [4.78, 5) is 0. The van der Waals surface area contributed by atoms with Crippen molar-refractivity contribution in [1.82, 2.24) is 5.32 Å². The van der Waals surface area contributed by atoms with Crippen LogP contribution in [0.15, 0.2) is 0 Å². The van der Waals surface area contributed by atoms with Crippen LogP contribution >= 0.6 is 0 Å². The summed E-state index contributed by atoms with van der Waals surface area (Å²) in [6.07, 6.45) is 7.64. The predicted octanol–water partition coefficient (Wildman–Crippen LogP) is 3.36. The Kier molecular flexibility index (Phi) is 4.14. The summed E-state index contributed by atoms with van der Waals surface area (Å²) in [6, 6.07) is 0.594. The molecule has 1 aliphatic heterocycles. The SMILES string of the molecule is CC(C)NCC(C)(CC1CCC(C)O1)C1CC1. The Balaban J connectivity index is 1.87. The largest absolute Gasteiger partial charge is 0.375 e. The molecule has 0 aromatic heterocycles. The van der Waals surface area contributed by atoms with Gasteiger partial charge in [-0.3, -0.25) is 0 Å². The third-order valence-corrected chi connectivity index (χ3v) is 4.49. The average molecular weight is 239 g/mol. The fraction of sp³-hybridized carbons (Fsp3) is 1.00. The molecule has 3 unspecified atom stereocenters. The molecule has 2 rings (SSSR count). The molecular formula is C15H29NO. The van der Waals surface area contributed by atoms with Crippen LogP contribution in [0.2, 0.25) is 0 Å². The lowest BCUT2D eigenvalue weighted by atomic mass is 9.78. The lowest BCUT2D eigenvalue weighted by Crippen LogP contribution is -2.39. The minimum Gasteiger partial charge on any atom is -0.375 e. The highest BCUT2D eigenvalue weighted by molar-refractivity contribution is 4.95. The highest BCUT2D eigenvalue weighted by atomic mass is 16.5. The number of ether oxygens (including phenoxy) is 1. The molecule has 1 saturated heterocycles. The van der Waals surface area contributed by atoms with Crippen molar-refractivity contribution in [2.45, 2.75) is 78.0 Å². The molecule has 0 radical (unpaired) electrons. The van der Waals surface area contributed by atoms with Gasteiger partial charge in [-0.15, -0.1) is 0 Å². The molecule has 0 aromatic carbocycles. The van der Waals surface area contributed by atoms with Crippen LogP contribution in [0.4, 0.5) is 0 Å². The summed E-state index contributed by atoms with van der Waals surface area (Å²) in [5.41, 5.74) is 0.457. The minimum atomic E-state index is 0.457. The standard InChI is InChI=1S/C15H29NO/c1-11(2)16-10-15(4,13-6-7-13)9-14-8-5-12(3)17-14/h11-14,16H,5-10H2,1-4H3. The minimum absolute atomic E-state index is 0.457. The smallest absolute Gasteiger partial charge is 0.0585 e. The van der Waals surface area contributed by atoms with E-state index in [9.17, 15) is 0 Å². The second-order valence-electron chi connectivity index (χ2n) is 6.81. The monoisotopic (exact) mass is 239 g/mol. The Bertz CT molecular complexity index is 249. The van der Waals surface area contributed by atoms with Gasteiger partial charge in [0, 0.05) is 12.6 Å². The van der Waals surface area contributed by atoms with Crippen LogP contribution in [0.3, 0.4) is 0 Å². The van der Waals surface area contributed by atoms with Crippen LogP contribution in [0.1, 0.15) is 59.8 Å². The number of hydrogen-bond acceptors (Lipinski definition) is 2. The molecule has 0 bridgehead atoms. The van der Waals surface area contributed by atoms with Gasteiger partial charge in [-0.25, -0.2) is 0 Å². The molecule has 2 fully saturated rings. The Labute approximate surface area is 107 Å². The maximum Gasteiger partial charge on any atom is 0.0585 e. The molecule has 1 heterocycles. The van der Waals surface area contributed by atoms with E-state index in [1.807, 2.05) is 0 Å². The van der Waals surface area contributed by atoms with Crippen molar-refractivity contribution in [3.8, 4) is 0 Å². The van der Waals surface area contributed by atoms with Crippen LogP contribution in [0.25, 0.3) is 0 Å². The predicted molar refractivity (Wildman–Crippen MR) is 72.2 cm³/mol. The molecule has 0 aromatic rings. The molecule has 2 aliphatic rings. The topological polar surface area (TPSA) is 21.3 Å². The van der Waals surface area contributed by atoms with Gasteiger partial charge in [0.25, 0.3) is 0 Å². The lowest BCUT2D eigenvalue weighted by molar-refractivity contribution is 0.0194. The first-order valence-electron chi connectivity index (χ1n) is 7.38. The van der Waals surface area contributed by atoms with E-state index in [0.29, 0.717) is 23.7 Å². The number of nitrogens with one attached hydrogen (secondary N) is 1. The zero-order valence-corrected chi connectivity index (χ0v) is 12.0. The van der Waals surface area contributed by atoms with Crippen LogP contribution in [0.5, 0.6) is 0 Å². The number of hydrogen-bond donors (Lipinski definition) is 1. The van der Waals surface area contributed by atoms with Crippen molar-refractivity contribution in [1.29, 1.82) is 0 Å². The van der Waals surface area contributed by atoms with Gasteiger partial charge >= 0.3 is 0 Å². The zero-order chi connectivity index (χ0) is 12.5. The second kappa shape index (κ2) is 5.27. The second-order valence-corrected chi connectivity index (χ2v) is 6.81. The third kappa shape index (κ3) is 3.69. The molecule has 100 valence electrons. The van der Waals surface area contributed by atoms with Gasteiger partial charge in [-0.2, -0.15) is 0 Å². The maximum absolute atomic E-state index is 6.01. The molecule has 0 spiro atoms. The summed E-state index contributed by atoms with van der Waals surface area (Å²) in [7, 11) is 0. The van der Waals surface area contributed by atoms with Gasteiger partial charge in [0.05, 0.1) is 12.2 Å². The molecule has 2 heteroatoms. The van der Waals surface area contributed by atoms with E-state index in [4.69, 9.17) is 4.74 Å². The molecule has 3 atom stereocenters.